The summed E-state index contributed by atoms with van der Waals surface area (Å²) < 4.78 is 15.8. The molecule has 0 spiro atoms. The Morgan fingerprint density at radius 2 is 1.59 bits per heavy atom. The maximum absolute atomic E-state index is 13.6. The lowest BCUT2D eigenvalue weighted by atomic mass is 9.66. The molecule has 4 rings (SSSR count). The summed E-state index contributed by atoms with van der Waals surface area (Å²) in [6.45, 7) is 4.32. The number of aliphatic imine (C=N–C) groups is 1. The van der Waals surface area contributed by atoms with Crippen molar-refractivity contribution in [2.75, 3.05) is 27.4 Å². The van der Waals surface area contributed by atoms with Gasteiger partial charge in [-0.1, -0.05) is 42.0 Å². The minimum absolute atomic E-state index is 0.0510. The fraction of sp³-hybridized carbons (Fsp3) is 0.393. The van der Waals surface area contributed by atoms with E-state index in [1.165, 1.54) is 0 Å². The maximum atomic E-state index is 13.6. The van der Waals surface area contributed by atoms with Crippen LogP contribution in [-0.4, -0.2) is 44.9 Å². The van der Waals surface area contributed by atoms with Crippen molar-refractivity contribution in [1.82, 2.24) is 0 Å². The van der Waals surface area contributed by atoms with Crippen LogP contribution in [-0.2, 0) is 19.1 Å². The number of carbonyl (C=O) groups is 2. The zero-order valence-electron chi connectivity index (χ0n) is 20.2. The highest BCUT2D eigenvalue weighted by Gasteiger charge is 2.46. The van der Waals surface area contributed by atoms with Crippen LogP contribution in [0.25, 0.3) is 0 Å². The molecule has 1 aliphatic heterocycles. The van der Waals surface area contributed by atoms with Gasteiger partial charge in [-0.05, 0) is 49.4 Å². The van der Waals surface area contributed by atoms with Crippen LogP contribution in [0.4, 0.5) is 0 Å². The van der Waals surface area contributed by atoms with Crippen molar-refractivity contribution in [1.29, 1.82) is 0 Å². The molecule has 0 saturated heterocycles. The lowest BCUT2D eigenvalue weighted by molar-refractivity contribution is -0.140. The molecule has 6 nitrogen and oxygen atoms in total. The van der Waals surface area contributed by atoms with Crippen molar-refractivity contribution >= 4 is 17.5 Å². The van der Waals surface area contributed by atoms with Gasteiger partial charge in [-0.2, -0.15) is 0 Å². The number of fused-ring (bicyclic) bond motifs is 1. The van der Waals surface area contributed by atoms with E-state index in [0.29, 0.717) is 30.7 Å². The monoisotopic (exact) mass is 461 g/mol. The number of methoxy groups -OCH3 is 2. The number of Topliss-reactive ketones (excluding diaryl/α,β-unsaturated/α-hetero) is 1. The van der Waals surface area contributed by atoms with Crippen molar-refractivity contribution in [3.05, 3.63) is 76.5 Å². The van der Waals surface area contributed by atoms with E-state index in [0.717, 1.165) is 28.2 Å². The maximum Gasteiger partial charge on any atom is 0.336 e. The Kier molecular flexibility index (Phi) is 7.27. The largest absolute Gasteiger partial charge is 0.497 e. The minimum atomic E-state index is -0.467. The fourth-order valence-corrected chi connectivity index (χ4v) is 4.98. The average molecular weight is 462 g/mol. The summed E-state index contributed by atoms with van der Waals surface area (Å²) in [5.41, 5.74) is 5.06. The predicted molar refractivity (Wildman–Crippen MR) is 130 cm³/mol. The molecule has 6 heteroatoms. The highest BCUT2D eigenvalue weighted by Crippen LogP contribution is 2.46. The molecule has 1 fully saturated rings. The molecule has 0 bridgehead atoms. The molecule has 2 aromatic rings. The second kappa shape index (κ2) is 10.3. The van der Waals surface area contributed by atoms with Gasteiger partial charge in [0, 0.05) is 30.9 Å². The van der Waals surface area contributed by atoms with Gasteiger partial charge in [0.15, 0.2) is 0 Å². The minimum Gasteiger partial charge on any atom is -0.497 e. The van der Waals surface area contributed by atoms with Crippen molar-refractivity contribution in [2.24, 2.45) is 10.9 Å². The van der Waals surface area contributed by atoms with Gasteiger partial charge in [0.2, 0.25) is 0 Å². The lowest BCUT2D eigenvalue weighted by Crippen LogP contribution is -2.41. The van der Waals surface area contributed by atoms with E-state index in [-0.39, 0.29) is 18.3 Å². The van der Waals surface area contributed by atoms with E-state index in [4.69, 9.17) is 19.2 Å². The standard InChI is InChI=1S/C28H31NO5/c1-17-5-7-20(8-6-17)26-25(28(31)34-14-13-32-3)18(2)29-23-15-21(16-24(30)27(23)26)19-9-11-22(33-4)12-10-19/h5-12,21,26-27H,13-16H2,1-4H3/t21-,26-,27?/m0/s1. The van der Waals surface area contributed by atoms with Crippen molar-refractivity contribution in [3.8, 4) is 5.75 Å². The first-order valence-corrected chi connectivity index (χ1v) is 11.6. The van der Waals surface area contributed by atoms with E-state index in [2.05, 4.69) is 0 Å². The number of nitrogens with zero attached hydrogens (tertiary/aromatic N) is 1. The summed E-state index contributed by atoms with van der Waals surface area (Å²) >= 11 is 0. The first-order valence-electron chi connectivity index (χ1n) is 11.6. The number of aryl methyl sites for hydroxylation is 1. The van der Waals surface area contributed by atoms with Crippen molar-refractivity contribution < 1.29 is 23.8 Å². The first-order chi connectivity index (χ1) is 16.4. The molecular weight excluding hydrogens is 430 g/mol. The van der Waals surface area contributed by atoms with Crippen LogP contribution in [0.5, 0.6) is 5.75 Å². The molecule has 178 valence electrons. The quantitative estimate of drug-likeness (QED) is 0.439. The van der Waals surface area contributed by atoms with E-state index >= 15 is 0 Å². The zero-order chi connectivity index (χ0) is 24.2. The summed E-state index contributed by atoms with van der Waals surface area (Å²) in [4.78, 5) is 31.6. The van der Waals surface area contributed by atoms with Gasteiger partial charge in [-0.3, -0.25) is 9.79 Å². The van der Waals surface area contributed by atoms with Gasteiger partial charge in [0.25, 0.3) is 0 Å². The Morgan fingerprint density at radius 1 is 0.912 bits per heavy atom. The second-order valence-corrected chi connectivity index (χ2v) is 8.94. The third-order valence-corrected chi connectivity index (χ3v) is 6.72. The van der Waals surface area contributed by atoms with Gasteiger partial charge in [0.05, 0.1) is 25.2 Å². The van der Waals surface area contributed by atoms with Crippen molar-refractivity contribution in [3.63, 3.8) is 0 Å². The van der Waals surface area contributed by atoms with Gasteiger partial charge in [-0.15, -0.1) is 0 Å². The molecule has 0 radical (unpaired) electrons. The summed E-state index contributed by atoms with van der Waals surface area (Å²) in [7, 11) is 3.20. The molecule has 0 N–H and O–H groups in total. The molecule has 34 heavy (non-hydrogen) atoms. The Morgan fingerprint density at radius 3 is 2.24 bits per heavy atom. The topological polar surface area (TPSA) is 74.2 Å². The molecule has 2 aliphatic rings. The summed E-state index contributed by atoms with van der Waals surface area (Å²) in [5.74, 6) is -0.374. The number of ether oxygens (including phenoxy) is 3. The number of hydrogen-bond acceptors (Lipinski definition) is 6. The SMILES string of the molecule is COCCOC(=O)C1=C(C)N=C2C[C@H](c3ccc(OC)cc3)CC(=O)C2[C@H]1c1ccc(C)cc1. The molecule has 1 aliphatic carbocycles. The van der Waals surface area contributed by atoms with Crippen LogP contribution in [0.1, 0.15) is 48.3 Å². The lowest BCUT2D eigenvalue weighted by Gasteiger charge is -2.38. The third kappa shape index (κ3) is 4.82. The number of esters is 1. The molecule has 1 unspecified atom stereocenters. The van der Waals surface area contributed by atoms with E-state index in [1.807, 2.05) is 62.4 Å². The van der Waals surface area contributed by atoms with E-state index in [9.17, 15) is 9.59 Å². The molecule has 2 aromatic carbocycles. The Hall–Kier alpha value is -3.25. The fourth-order valence-electron chi connectivity index (χ4n) is 4.98. The number of allylic oxidation sites excluding steroid dienone is 1. The van der Waals surface area contributed by atoms with Gasteiger partial charge < -0.3 is 14.2 Å². The molecule has 1 heterocycles. The molecule has 1 saturated carbocycles. The average Bonchev–Trinajstić information content (AvgIpc) is 2.83. The highest BCUT2D eigenvalue weighted by atomic mass is 16.6. The van der Waals surface area contributed by atoms with Gasteiger partial charge >= 0.3 is 5.97 Å². The number of rotatable bonds is 7. The van der Waals surface area contributed by atoms with E-state index in [1.54, 1.807) is 14.2 Å². The first kappa shape index (κ1) is 23.9. The van der Waals surface area contributed by atoms with Crippen LogP contribution in [0.3, 0.4) is 0 Å². The van der Waals surface area contributed by atoms with Crippen LogP contribution >= 0.6 is 0 Å². The van der Waals surface area contributed by atoms with Gasteiger partial charge in [0.1, 0.15) is 18.1 Å². The molecular formula is C28H31NO5. The van der Waals surface area contributed by atoms with Crippen LogP contribution in [0.15, 0.2) is 64.8 Å². The normalized spacial score (nSPS) is 22.2. The summed E-state index contributed by atoms with van der Waals surface area (Å²) in [6.07, 6.45) is 1.08. The number of ketones is 1. The number of carbonyl (C=O) groups excluding carboxylic acids is 2. The summed E-state index contributed by atoms with van der Waals surface area (Å²) in [6, 6.07) is 15.9. The molecule has 0 amide bonds. The number of hydrogen-bond donors (Lipinski definition) is 0. The molecule has 0 aromatic heterocycles. The zero-order valence-corrected chi connectivity index (χ0v) is 20.2. The smallest absolute Gasteiger partial charge is 0.336 e. The second-order valence-electron chi connectivity index (χ2n) is 8.94. The number of benzene rings is 2. The van der Waals surface area contributed by atoms with Crippen molar-refractivity contribution in [2.45, 2.75) is 38.5 Å². The Balaban J connectivity index is 1.72. The van der Waals surface area contributed by atoms with Crippen LogP contribution in [0.2, 0.25) is 0 Å². The van der Waals surface area contributed by atoms with Gasteiger partial charge in [-0.25, -0.2) is 4.79 Å². The Bertz CT molecular complexity index is 1110. The van der Waals surface area contributed by atoms with Crippen LogP contribution < -0.4 is 4.74 Å². The summed E-state index contributed by atoms with van der Waals surface area (Å²) in [5, 5.41) is 0. The Labute approximate surface area is 200 Å². The molecule has 3 atom stereocenters. The third-order valence-electron chi connectivity index (χ3n) is 6.72. The highest BCUT2D eigenvalue weighted by molar-refractivity contribution is 6.12. The predicted octanol–water partition coefficient (Wildman–Crippen LogP) is 4.77. The van der Waals surface area contributed by atoms with E-state index < -0.39 is 17.8 Å². The van der Waals surface area contributed by atoms with Crippen LogP contribution in [0, 0.1) is 12.8 Å².